The van der Waals surface area contributed by atoms with E-state index >= 15 is 0 Å². The molecule has 1 aromatic heterocycles. The van der Waals surface area contributed by atoms with Crippen LogP contribution in [0.25, 0.3) is 10.9 Å². The summed E-state index contributed by atoms with van der Waals surface area (Å²) >= 11 is 0. The number of aliphatic hydroxyl groups is 1. The molecule has 0 fully saturated rings. The molecule has 2 aromatic carbocycles. The van der Waals surface area contributed by atoms with Crippen LogP contribution in [-0.4, -0.2) is 10.1 Å². The first-order valence-electron chi connectivity index (χ1n) is 6.34. The van der Waals surface area contributed by atoms with Gasteiger partial charge in [-0.3, -0.25) is 4.98 Å². The first kappa shape index (κ1) is 11.9. The Hall–Kier alpha value is -2.19. The van der Waals surface area contributed by atoms with Crippen molar-refractivity contribution in [2.45, 2.75) is 13.0 Å². The summed E-state index contributed by atoms with van der Waals surface area (Å²) in [7, 11) is 0. The maximum absolute atomic E-state index is 10.5. The van der Waals surface area contributed by atoms with Crippen LogP contribution in [0.1, 0.15) is 22.8 Å². The first-order valence-corrected chi connectivity index (χ1v) is 6.34. The van der Waals surface area contributed by atoms with Gasteiger partial charge in [0.2, 0.25) is 0 Å². The highest BCUT2D eigenvalue weighted by Gasteiger charge is 2.12. The van der Waals surface area contributed by atoms with E-state index in [1.54, 1.807) is 6.20 Å². The summed E-state index contributed by atoms with van der Waals surface area (Å²) in [6.45, 7) is 2.02. The largest absolute Gasteiger partial charge is 0.384 e. The summed E-state index contributed by atoms with van der Waals surface area (Å²) in [5.74, 6) is 0. The summed E-state index contributed by atoms with van der Waals surface area (Å²) in [4.78, 5) is 4.29. The van der Waals surface area contributed by atoms with Crippen LogP contribution in [0.4, 0.5) is 0 Å². The molecule has 94 valence electrons. The smallest absolute Gasteiger partial charge is 0.104 e. The molecule has 0 amide bonds. The van der Waals surface area contributed by atoms with Crippen molar-refractivity contribution in [3.05, 3.63) is 77.5 Å². The number of aliphatic hydroxyl groups excluding tert-OH is 1. The molecule has 0 bridgehead atoms. The Bertz CT molecular complexity index is 721. The molecule has 0 saturated heterocycles. The van der Waals surface area contributed by atoms with Gasteiger partial charge >= 0.3 is 0 Å². The molecule has 0 radical (unpaired) electrons. The van der Waals surface area contributed by atoms with Crippen molar-refractivity contribution < 1.29 is 5.11 Å². The van der Waals surface area contributed by atoms with Crippen LogP contribution in [0.2, 0.25) is 0 Å². The molecule has 19 heavy (non-hydrogen) atoms. The lowest BCUT2D eigenvalue weighted by Crippen LogP contribution is -2.01. The Labute approximate surface area is 112 Å². The minimum atomic E-state index is -0.592. The number of nitrogens with zero attached hydrogens (tertiary/aromatic N) is 1. The minimum absolute atomic E-state index is 0.592. The number of fused-ring (bicyclic) bond motifs is 1. The van der Waals surface area contributed by atoms with Crippen molar-refractivity contribution in [1.29, 1.82) is 0 Å². The topological polar surface area (TPSA) is 33.1 Å². The van der Waals surface area contributed by atoms with Crippen LogP contribution in [0.5, 0.6) is 0 Å². The summed E-state index contributed by atoms with van der Waals surface area (Å²) in [6, 6.07) is 17.7. The number of hydrogen-bond donors (Lipinski definition) is 1. The first-order chi connectivity index (χ1) is 9.25. The lowest BCUT2D eigenvalue weighted by molar-refractivity contribution is 0.219. The maximum Gasteiger partial charge on any atom is 0.104 e. The van der Waals surface area contributed by atoms with Crippen LogP contribution in [0.3, 0.4) is 0 Å². The molecule has 0 aliphatic rings. The SMILES string of the molecule is Cc1ccccc1C(O)c1ccc2ncccc2c1. The van der Waals surface area contributed by atoms with Crippen molar-refractivity contribution >= 4 is 10.9 Å². The standard InChI is InChI=1S/C17H15NO/c1-12-5-2-3-7-15(12)17(19)14-8-9-16-13(11-14)6-4-10-18-16/h2-11,17,19H,1H3. The highest BCUT2D eigenvalue weighted by atomic mass is 16.3. The molecule has 1 N–H and O–H groups in total. The van der Waals surface area contributed by atoms with Gasteiger partial charge in [-0.15, -0.1) is 0 Å². The Morgan fingerprint density at radius 1 is 1.00 bits per heavy atom. The molecular formula is C17H15NO. The fraction of sp³-hybridized carbons (Fsp3) is 0.118. The van der Waals surface area contributed by atoms with Gasteiger partial charge in [-0.05, 0) is 41.8 Å². The zero-order valence-corrected chi connectivity index (χ0v) is 10.7. The predicted molar refractivity (Wildman–Crippen MR) is 77.0 cm³/mol. The summed E-state index contributed by atoms with van der Waals surface area (Å²) < 4.78 is 0. The second-order valence-corrected chi connectivity index (χ2v) is 4.71. The van der Waals surface area contributed by atoms with Gasteiger partial charge in [0.1, 0.15) is 6.10 Å². The van der Waals surface area contributed by atoms with Crippen molar-refractivity contribution in [1.82, 2.24) is 4.98 Å². The monoisotopic (exact) mass is 249 g/mol. The highest BCUT2D eigenvalue weighted by molar-refractivity contribution is 5.79. The average Bonchev–Trinajstić information content (AvgIpc) is 2.46. The molecule has 0 aliphatic carbocycles. The zero-order chi connectivity index (χ0) is 13.2. The minimum Gasteiger partial charge on any atom is -0.384 e. The quantitative estimate of drug-likeness (QED) is 0.752. The number of rotatable bonds is 2. The average molecular weight is 249 g/mol. The molecule has 3 rings (SSSR count). The summed E-state index contributed by atoms with van der Waals surface area (Å²) in [5.41, 5.74) is 3.89. The van der Waals surface area contributed by atoms with Gasteiger partial charge in [0.25, 0.3) is 0 Å². The van der Waals surface area contributed by atoms with E-state index in [-0.39, 0.29) is 0 Å². The predicted octanol–water partition coefficient (Wildman–Crippen LogP) is 3.62. The molecular weight excluding hydrogens is 234 g/mol. The molecule has 1 atom stereocenters. The van der Waals surface area contributed by atoms with Crippen LogP contribution in [0, 0.1) is 6.92 Å². The van der Waals surface area contributed by atoms with Crippen LogP contribution in [-0.2, 0) is 0 Å². The van der Waals surface area contributed by atoms with Crippen molar-refractivity contribution in [3.63, 3.8) is 0 Å². The van der Waals surface area contributed by atoms with Gasteiger partial charge in [-0.2, -0.15) is 0 Å². The van der Waals surface area contributed by atoms with E-state index in [1.807, 2.05) is 61.5 Å². The van der Waals surface area contributed by atoms with Crippen molar-refractivity contribution in [2.24, 2.45) is 0 Å². The second kappa shape index (κ2) is 4.82. The van der Waals surface area contributed by atoms with Gasteiger partial charge in [0.05, 0.1) is 5.52 Å². The number of aryl methyl sites for hydroxylation is 1. The van der Waals surface area contributed by atoms with E-state index in [9.17, 15) is 5.11 Å². The Morgan fingerprint density at radius 2 is 1.84 bits per heavy atom. The maximum atomic E-state index is 10.5. The van der Waals surface area contributed by atoms with E-state index in [0.717, 1.165) is 27.6 Å². The Morgan fingerprint density at radius 3 is 2.68 bits per heavy atom. The van der Waals surface area contributed by atoms with Crippen LogP contribution >= 0.6 is 0 Å². The van der Waals surface area contributed by atoms with Gasteiger partial charge < -0.3 is 5.11 Å². The van der Waals surface area contributed by atoms with Gasteiger partial charge in [0, 0.05) is 11.6 Å². The molecule has 3 aromatic rings. The normalized spacial score (nSPS) is 12.5. The molecule has 1 heterocycles. The molecule has 1 unspecified atom stereocenters. The molecule has 2 nitrogen and oxygen atoms in total. The third-order valence-corrected chi connectivity index (χ3v) is 3.43. The van der Waals surface area contributed by atoms with E-state index in [1.165, 1.54) is 0 Å². The van der Waals surface area contributed by atoms with Gasteiger partial charge in [-0.1, -0.05) is 36.4 Å². The Balaban J connectivity index is 2.07. The van der Waals surface area contributed by atoms with Crippen LogP contribution in [0.15, 0.2) is 60.8 Å². The van der Waals surface area contributed by atoms with E-state index in [0.29, 0.717) is 0 Å². The fourth-order valence-corrected chi connectivity index (χ4v) is 2.34. The number of aromatic nitrogens is 1. The third-order valence-electron chi connectivity index (χ3n) is 3.43. The third kappa shape index (κ3) is 2.23. The number of hydrogen-bond acceptors (Lipinski definition) is 2. The summed E-state index contributed by atoms with van der Waals surface area (Å²) in [5, 5.41) is 11.6. The lowest BCUT2D eigenvalue weighted by atomic mass is 9.96. The van der Waals surface area contributed by atoms with Crippen molar-refractivity contribution in [2.75, 3.05) is 0 Å². The fourth-order valence-electron chi connectivity index (χ4n) is 2.34. The number of benzene rings is 2. The zero-order valence-electron chi connectivity index (χ0n) is 10.7. The van der Waals surface area contributed by atoms with E-state index in [4.69, 9.17) is 0 Å². The molecule has 2 heteroatoms. The molecule has 0 spiro atoms. The molecule has 0 aliphatic heterocycles. The second-order valence-electron chi connectivity index (χ2n) is 4.71. The van der Waals surface area contributed by atoms with Crippen LogP contribution < -0.4 is 0 Å². The molecule has 0 saturated carbocycles. The highest BCUT2D eigenvalue weighted by Crippen LogP contribution is 2.26. The van der Waals surface area contributed by atoms with Crippen molar-refractivity contribution in [3.8, 4) is 0 Å². The van der Waals surface area contributed by atoms with E-state index in [2.05, 4.69) is 4.98 Å². The lowest BCUT2D eigenvalue weighted by Gasteiger charge is -2.14. The van der Waals surface area contributed by atoms with E-state index < -0.39 is 6.10 Å². The number of pyridine rings is 1. The summed E-state index contributed by atoms with van der Waals surface area (Å²) in [6.07, 6.45) is 1.19. The Kier molecular flexibility index (Phi) is 3.02. The van der Waals surface area contributed by atoms with Gasteiger partial charge in [0.15, 0.2) is 0 Å². The van der Waals surface area contributed by atoms with Gasteiger partial charge in [-0.25, -0.2) is 0 Å².